The van der Waals surface area contributed by atoms with Crippen LogP contribution in [0.5, 0.6) is 5.75 Å². The van der Waals surface area contributed by atoms with Gasteiger partial charge in [-0.15, -0.1) is 0 Å². The van der Waals surface area contributed by atoms with Crippen molar-refractivity contribution < 1.29 is 23.0 Å². The van der Waals surface area contributed by atoms with Crippen LogP contribution in [0.15, 0.2) is 60.8 Å². The second-order valence-corrected chi connectivity index (χ2v) is 9.62. The zero-order valence-electron chi connectivity index (χ0n) is 20.4. The van der Waals surface area contributed by atoms with Crippen molar-refractivity contribution in [2.75, 3.05) is 26.2 Å². The highest BCUT2D eigenvalue weighted by Crippen LogP contribution is 2.31. The molecule has 3 aromatic rings. The number of benzene rings is 2. The first kappa shape index (κ1) is 27.0. The lowest BCUT2D eigenvalue weighted by Crippen LogP contribution is -2.44. The molecule has 8 heteroatoms. The molecular formula is C29H28ClF3N2O2. The first-order chi connectivity index (χ1) is 17.7. The quantitative estimate of drug-likeness (QED) is 0.391. The average molecular weight is 529 g/mol. The zero-order valence-corrected chi connectivity index (χ0v) is 21.2. The van der Waals surface area contributed by atoms with Gasteiger partial charge in [0, 0.05) is 28.9 Å². The Hall–Kier alpha value is -3.05. The average Bonchev–Trinajstić information content (AvgIpc) is 2.89. The molecule has 1 aliphatic heterocycles. The summed E-state index contributed by atoms with van der Waals surface area (Å²) in [6.07, 6.45) is -4.35. The molecule has 1 N–H and O–H groups in total. The smallest absolute Gasteiger partial charge is 0.414 e. The van der Waals surface area contributed by atoms with Gasteiger partial charge in [0.25, 0.3) is 0 Å². The standard InChI is InChI=1S/C29H28ClF3N2O2/c1-20-18-21(2-9-26-10-6-24(19-34-26)22-4-7-25(30)8-5-22)3-11-27(20)37-17-16-35-14-12-23(13-15-35)28(36)29(31,32)33/h3-8,10-11,18-19,23,28,36H,12-17H2,1H3. The number of rotatable bonds is 6. The molecule has 1 unspecified atom stereocenters. The van der Waals surface area contributed by atoms with Crippen molar-refractivity contribution in [3.8, 4) is 28.7 Å². The number of halogens is 4. The molecule has 1 atom stereocenters. The molecule has 194 valence electrons. The predicted molar refractivity (Wildman–Crippen MR) is 139 cm³/mol. The number of aromatic nitrogens is 1. The third-order valence-electron chi connectivity index (χ3n) is 6.53. The minimum atomic E-state index is -4.55. The van der Waals surface area contributed by atoms with E-state index in [1.165, 1.54) is 0 Å². The van der Waals surface area contributed by atoms with Crippen molar-refractivity contribution in [2.24, 2.45) is 5.92 Å². The van der Waals surface area contributed by atoms with Gasteiger partial charge in [-0.2, -0.15) is 13.2 Å². The van der Waals surface area contributed by atoms with E-state index in [2.05, 4.69) is 21.7 Å². The number of likely N-dealkylation sites (tertiary alicyclic amines) is 1. The van der Waals surface area contributed by atoms with Crippen LogP contribution in [0, 0.1) is 24.7 Å². The number of alkyl halides is 3. The Morgan fingerprint density at radius 1 is 1.05 bits per heavy atom. The zero-order chi connectivity index (χ0) is 26.4. The Kier molecular flexibility index (Phi) is 8.75. The van der Waals surface area contributed by atoms with Crippen LogP contribution in [-0.2, 0) is 0 Å². The van der Waals surface area contributed by atoms with Crippen LogP contribution in [-0.4, -0.2) is 53.5 Å². The molecular weight excluding hydrogens is 501 g/mol. The maximum absolute atomic E-state index is 12.7. The molecule has 1 aliphatic rings. The van der Waals surface area contributed by atoms with Gasteiger partial charge in [-0.05, 0) is 92.2 Å². The van der Waals surface area contributed by atoms with Crippen molar-refractivity contribution >= 4 is 11.6 Å². The van der Waals surface area contributed by atoms with Crippen LogP contribution in [0.25, 0.3) is 11.1 Å². The highest BCUT2D eigenvalue weighted by molar-refractivity contribution is 6.30. The molecule has 0 radical (unpaired) electrons. The van der Waals surface area contributed by atoms with Gasteiger partial charge >= 0.3 is 6.18 Å². The molecule has 2 aromatic carbocycles. The molecule has 1 saturated heterocycles. The van der Waals surface area contributed by atoms with Crippen molar-refractivity contribution in [1.82, 2.24) is 9.88 Å². The molecule has 0 spiro atoms. The number of ether oxygens (including phenoxy) is 1. The Bertz CT molecular complexity index is 1240. The fourth-order valence-electron chi connectivity index (χ4n) is 4.35. The summed E-state index contributed by atoms with van der Waals surface area (Å²) in [7, 11) is 0. The first-order valence-electron chi connectivity index (χ1n) is 12.1. The number of piperidine rings is 1. The van der Waals surface area contributed by atoms with Crippen LogP contribution >= 0.6 is 11.6 Å². The monoisotopic (exact) mass is 528 g/mol. The van der Waals surface area contributed by atoms with Crippen molar-refractivity contribution in [3.63, 3.8) is 0 Å². The number of hydrogen-bond donors (Lipinski definition) is 1. The molecule has 2 heterocycles. The van der Waals surface area contributed by atoms with Crippen LogP contribution in [0.3, 0.4) is 0 Å². The number of hydrogen-bond acceptors (Lipinski definition) is 4. The van der Waals surface area contributed by atoms with E-state index in [-0.39, 0.29) is 0 Å². The highest BCUT2D eigenvalue weighted by atomic mass is 35.5. The normalized spacial score (nSPS) is 15.6. The van der Waals surface area contributed by atoms with Crippen molar-refractivity contribution in [2.45, 2.75) is 32.0 Å². The molecule has 0 amide bonds. The Morgan fingerprint density at radius 2 is 1.76 bits per heavy atom. The lowest BCUT2D eigenvalue weighted by atomic mass is 9.91. The molecule has 1 fully saturated rings. The van der Waals surface area contributed by atoms with Crippen molar-refractivity contribution in [1.29, 1.82) is 0 Å². The van der Waals surface area contributed by atoms with E-state index in [1.807, 2.05) is 61.5 Å². The second-order valence-electron chi connectivity index (χ2n) is 9.18. The maximum Gasteiger partial charge on any atom is 0.414 e. The SMILES string of the molecule is Cc1cc(C#Cc2ccc(-c3ccc(Cl)cc3)cn2)ccc1OCCN1CCC(C(O)C(F)(F)F)CC1. The number of pyridine rings is 1. The minimum Gasteiger partial charge on any atom is -0.492 e. The maximum atomic E-state index is 12.7. The van der Waals surface area contributed by atoms with Gasteiger partial charge in [0.1, 0.15) is 18.1 Å². The lowest BCUT2D eigenvalue weighted by Gasteiger charge is -2.34. The van der Waals surface area contributed by atoms with E-state index in [9.17, 15) is 18.3 Å². The van der Waals surface area contributed by atoms with E-state index >= 15 is 0 Å². The summed E-state index contributed by atoms with van der Waals surface area (Å²) >= 11 is 5.95. The topological polar surface area (TPSA) is 45.6 Å². The summed E-state index contributed by atoms with van der Waals surface area (Å²) in [5.41, 5.74) is 4.49. The van der Waals surface area contributed by atoms with Gasteiger partial charge < -0.3 is 9.84 Å². The summed E-state index contributed by atoms with van der Waals surface area (Å²) < 4.78 is 44.0. The van der Waals surface area contributed by atoms with Gasteiger partial charge in [0.05, 0.1) is 0 Å². The van der Waals surface area contributed by atoms with Crippen LogP contribution in [0.4, 0.5) is 13.2 Å². The largest absolute Gasteiger partial charge is 0.492 e. The third kappa shape index (κ3) is 7.48. The van der Waals surface area contributed by atoms with Gasteiger partial charge in [0.15, 0.2) is 6.10 Å². The number of nitrogens with zero attached hydrogens (tertiary/aromatic N) is 2. The molecule has 0 bridgehead atoms. The fraction of sp³-hybridized carbons (Fsp3) is 0.345. The molecule has 4 rings (SSSR count). The Balaban J connectivity index is 1.26. The van der Waals surface area contributed by atoms with Gasteiger partial charge in [-0.1, -0.05) is 35.7 Å². The minimum absolute atomic E-state index is 0.325. The van der Waals surface area contributed by atoms with E-state index in [0.29, 0.717) is 49.8 Å². The third-order valence-corrected chi connectivity index (χ3v) is 6.78. The van der Waals surface area contributed by atoms with Gasteiger partial charge in [0.2, 0.25) is 0 Å². The van der Waals surface area contributed by atoms with Crippen LogP contribution in [0.2, 0.25) is 5.02 Å². The highest BCUT2D eigenvalue weighted by Gasteiger charge is 2.44. The Labute approximate surface area is 220 Å². The van der Waals surface area contributed by atoms with Crippen LogP contribution in [0.1, 0.15) is 29.7 Å². The summed E-state index contributed by atoms with van der Waals surface area (Å²) in [5.74, 6) is 6.23. The van der Waals surface area contributed by atoms with Gasteiger partial charge in [-0.3, -0.25) is 4.90 Å². The van der Waals surface area contributed by atoms with E-state index in [0.717, 1.165) is 28.0 Å². The lowest BCUT2D eigenvalue weighted by molar-refractivity contribution is -0.223. The molecule has 37 heavy (non-hydrogen) atoms. The summed E-state index contributed by atoms with van der Waals surface area (Å²) in [4.78, 5) is 6.51. The molecule has 1 aromatic heterocycles. The summed E-state index contributed by atoms with van der Waals surface area (Å²) in [5, 5.41) is 10.1. The molecule has 0 saturated carbocycles. The fourth-order valence-corrected chi connectivity index (χ4v) is 4.48. The van der Waals surface area contributed by atoms with E-state index in [4.69, 9.17) is 16.3 Å². The van der Waals surface area contributed by atoms with E-state index < -0.39 is 18.2 Å². The molecule has 0 aliphatic carbocycles. The Morgan fingerprint density at radius 3 is 2.38 bits per heavy atom. The van der Waals surface area contributed by atoms with Crippen LogP contribution < -0.4 is 4.74 Å². The van der Waals surface area contributed by atoms with Gasteiger partial charge in [-0.25, -0.2) is 4.98 Å². The van der Waals surface area contributed by atoms with Crippen molar-refractivity contribution in [3.05, 3.63) is 82.6 Å². The summed E-state index contributed by atoms with van der Waals surface area (Å²) in [6, 6.07) is 17.2. The second kappa shape index (κ2) is 12.0. The van der Waals surface area contributed by atoms with E-state index in [1.54, 1.807) is 6.20 Å². The number of aliphatic hydroxyl groups excluding tert-OH is 1. The number of aryl methyl sites for hydroxylation is 1. The molecule has 4 nitrogen and oxygen atoms in total. The summed E-state index contributed by atoms with van der Waals surface area (Å²) in [6.45, 7) is 4.03. The number of aliphatic hydroxyl groups is 1. The first-order valence-corrected chi connectivity index (χ1v) is 12.5. The predicted octanol–water partition coefficient (Wildman–Crippen LogP) is 6.12.